The van der Waals surface area contributed by atoms with Gasteiger partial charge in [0.15, 0.2) is 12.2 Å². The second kappa shape index (κ2) is 74.2. The van der Waals surface area contributed by atoms with Crippen LogP contribution in [0.15, 0.2) is 0 Å². The van der Waals surface area contributed by atoms with Crippen molar-refractivity contribution < 1.29 is 80.2 Å². The SMILES string of the molecule is CCCCCCCCCCCCC(=O)OC[C@H](COP(=O)(O)OC[C@H](O)COP(=O)(O)OC[C@@H](COC(=O)CCCCCCCCCCCCCCCCC(C)CC)OC(=O)CCCCCCCCCCCCCCCCCCCCC(C)CC)OC(=O)CCCCCCCCCCCCC(C)C. The van der Waals surface area contributed by atoms with Crippen LogP contribution in [0.5, 0.6) is 0 Å². The van der Waals surface area contributed by atoms with Gasteiger partial charge in [-0.2, -0.15) is 0 Å². The molecule has 0 bridgehead atoms. The van der Waals surface area contributed by atoms with E-state index in [1.807, 2.05) is 0 Å². The summed E-state index contributed by atoms with van der Waals surface area (Å²) in [6, 6.07) is 0. The van der Waals surface area contributed by atoms with Gasteiger partial charge in [-0.05, 0) is 43.4 Å². The van der Waals surface area contributed by atoms with Gasteiger partial charge in [0.05, 0.1) is 26.4 Å². The lowest BCUT2D eigenvalue weighted by atomic mass is 9.99. The van der Waals surface area contributed by atoms with Crippen LogP contribution in [0.2, 0.25) is 0 Å². The van der Waals surface area contributed by atoms with Crippen molar-refractivity contribution >= 4 is 39.5 Å². The smallest absolute Gasteiger partial charge is 0.462 e. The molecular formula is C84H164O17P2. The van der Waals surface area contributed by atoms with E-state index < -0.39 is 97.5 Å². The minimum absolute atomic E-state index is 0.106. The first-order chi connectivity index (χ1) is 49.8. The summed E-state index contributed by atoms with van der Waals surface area (Å²) in [5.41, 5.74) is 0. The fourth-order valence-corrected chi connectivity index (χ4v) is 14.5. The highest BCUT2D eigenvalue weighted by atomic mass is 31.2. The Morgan fingerprint density at radius 3 is 0.738 bits per heavy atom. The number of phosphoric ester groups is 2. The Morgan fingerprint density at radius 2 is 0.495 bits per heavy atom. The highest BCUT2D eigenvalue weighted by Crippen LogP contribution is 2.45. The van der Waals surface area contributed by atoms with E-state index >= 15 is 0 Å². The van der Waals surface area contributed by atoms with E-state index in [1.54, 1.807) is 0 Å². The minimum Gasteiger partial charge on any atom is -0.462 e. The number of ether oxygens (including phenoxy) is 4. The van der Waals surface area contributed by atoms with Crippen molar-refractivity contribution in [2.45, 2.75) is 458 Å². The summed E-state index contributed by atoms with van der Waals surface area (Å²) in [6.45, 7) is 12.1. The fourth-order valence-electron chi connectivity index (χ4n) is 13.0. The molecule has 103 heavy (non-hydrogen) atoms. The number of hydrogen-bond acceptors (Lipinski definition) is 15. The summed E-state index contributed by atoms with van der Waals surface area (Å²) in [5.74, 6) is 0.365. The molecule has 0 rings (SSSR count). The Balaban J connectivity index is 5.22. The first-order valence-electron chi connectivity index (χ1n) is 43.4. The second-order valence-corrected chi connectivity index (χ2v) is 34.1. The van der Waals surface area contributed by atoms with Crippen LogP contribution in [-0.2, 0) is 65.4 Å². The van der Waals surface area contributed by atoms with Crippen molar-refractivity contribution in [3.8, 4) is 0 Å². The quantitative estimate of drug-likeness (QED) is 0.0222. The number of aliphatic hydroxyl groups excluding tert-OH is 1. The third-order valence-corrected chi connectivity index (χ3v) is 22.3. The molecule has 0 aliphatic rings. The summed E-state index contributed by atoms with van der Waals surface area (Å²) in [6.07, 6.45) is 63.7. The Bertz CT molecular complexity index is 2000. The molecule has 4 unspecified atom stereocenters. The molecule has 0 fully saturated rings. The highest BCUT2D eigenvalue weighted by molar-refractivity contribution is 7.47. The molecule has 0 aliphatic carbocycles. The monoisotopic (exact) mass is 1510 g/mol. The molecular weight excluding hydrogens is 1340 g/mol. The molecule has 0 saturated carbocycles. The van der Waals surface area contributed by atoms with Crippen molar-refractivity contribution in [3.05, 3.63) is 0 Å². The molecule has 0 spiro atoms. The van der Waals surface area contributed by atoms with Gasteiger partial charge in [0.25, 0.3) is 0 Å². The average Bonchev–Trinajstić information content (AvgIpc) is 0.945. The second-order valence-electron chi connectivity index (χ2n) is 31.2. The number of aliphatic hydroxyl groups is 1. The molecule has 3 N–H and O–H groups in total. The molecule has 0 heterocycles. The van der Waals surface area contributed by atoms with Crippen molar-refractivity contribution in [1.82, 2.24) is 0 Å². The van der Waals surface area contributed by atoms with Gasteiger partial charge in [0, 0.05) is 25.7 Å². The number of phosphoric acid groups is 2. The lowest BCUT2D eigenvalue weighted by Gasteiger charge is -2.21. The van der Waals surface area contributed by atoms with Gasteiger partial charge in [-0.1, -0.05) is 389 Å². The maximum atomic E-state index is 13.1. The predicted molar refractivity (Wildman–Crippen MR) is 423 cm³/mol. The van der Waals surface area contributed by atoms with Crippen LogP contribution in [0, 0.1) is 17.8 Å². The molecule has 0 aromatic carbocycles. The van der Waals surface area contributed by atoms with E-state index in [0.717, 1.165) is 108 Å². The van der Waals surface area contributed by atoms with Crippen molar-refractivity contribution in [1.29, 1.82) is 0 Å². The Kier molecular flexibility index (Phi) is 72.8. The molecule has 0 amide bonds. The molecule has 17 nitrogen and oxygen atoms in total. The van der Waals surface area contributed by atoms with Crippen molar-refractivity contribution in [3.63, 3.8) is 0 Å². The molecule has 612 valence electrons. The van der Waals surface area contributed by atoms with E-state index in [-0.39, 0.29) is 25.7 Å². The third kappa shape index (κ3) is 75.3. The largest absolute Gasteiger partial charge is 0.472 e. The van der Waals surface area contributed by atoms with E-state index in [2.05, 4.69) is 48.5 Å². The van der Waals surface area contributed by atoms with Gasteiger partial charge in [-0.15, -0.1) is 0 Å². The van der Waals surface area contributed by atoms with Gasteiger partial charge in [-0.3, -0.25) is 37.3 Å². The van der Waals surface area contributed by atoms with Crippen LogP contribution in [0.25, 0.3) is 0 Å². The van der Waals surface area contributed by atoms with Crippen LogP contribution in [-0.4, -0.2) is 96.7 Å². The van der Waals surface area contributed by atoms with Gasteiger partial charge in [0.2, 0.25) is 0 Å². The number of unbranched alkanes of at least 4 members (excludes halogenated alkanes) is 48. The van der Waals surface area contributed by atoms with E-state index in [4.69, 9.17) is 37.0 Å². The molecule has 0 radical (unpaired) electrons. The van der Waals surface area contributed by atoms with Gasteiger partial charge >= 0.3 is 39.5 Å². The fraction of sp³-hybridized carbons (Fsp3) is 0.952. The zero-order chi connectivity index (χ0) is 75.8. The normalized spacial score (nSPS) is 14.4. The summed E-state index contributed by atoms with van der Waals surface area (Å²) in [5, 5.41) is 10.7. The number of rotatable bonds is 82. The van der Waals surface area contributed by atoms with Crippen LogP contribution in [0.4, 0.5) is 0 Å². The van der Waals surface area contributed by atoms with Crippen LogP contribution >= 0.6 is 15.6 Å². The lowest BCUT2D eigenvalue weighted by molar-refractivity contribution is -0.161. The Labute approximate surface area is 632 Å². The van der Waals surface area contributed by atoms with Crippen LogP contribution in [0.3, 0.4) is 0 Å². The number of esters is 4. The summed E-state index contributed by atoms with van der Waals surface area (Å²) in [7, 11) is -9.92. The molecule has 0 aliphatic heterocycles. The standard InChI is InChI=1S/C84H164O17P2/c1-8-11-12-13-14-15-37-44-51-58-65-81(86)94-71-79(101-84(89)68-61-54-47-40-33-32-34-41-48-55-62-75(4)5)73-98-102(90,91)96-69-78(85)70-97-103(92,93)99-74-80(72-95-82(87)66-59-52-45-38-30-26-23-22-25-29-36-43-50-57-64-77(7)10-3)100-83(88)67-60-53-46-39-31-27-21-19-17-16-18-20-24-28-35-42-49-56-63-76(6)9-2/h75-80,85H,8-74H2,1-7H3,(H,90,91)(H,92,93)/t76?,77?,78-,79+,80+/m0/s1. The van der Waals surface area contributed by atoms with Gasteiger partial charge in [0.1, 0.15) is 19.3 Å². The number of hydrogen-bond donors (Lipinski definition) is 3. The first-order valence-corrected chi connectivity index (χ1v) is 46.4. The average molecular weight is 1510 g/mol. The zero-order valence-corrected chi connectivity index (χ0v) is 69.6. The Morgan fingerprint density at radius 1 is 0.282 bits per heavy atom. The van der Waals surface area contributed by atoms with Crippen molar-refractivity contribution in [2.75, 3.05) is 39.6 Å². The first kappa shape index (κ1) is 101. The van der Waals surface area contributed by atoms with Gasteiger partial charge < -0.3 is 33.8 Å². The number of carbonyl (C=O) groups excluding carboxylic acids is 4. The van der Waals surface area contributed by atoms with E-state index in [0.29, 0.717) is 25.7 Å². The summed E-state index contributed by atoms with van der Waals surface area (Å²) < 4.78 is 68.8. The number of carbonyl (C=O) groups is 4. The Hall–Kier alpha value is -1.94. The molecule has 19 heteroatoms. The summed E-state index contributed by atoms with van der Waals surface area (Å²) in [4.78, 5) is 73.1. The van der Waals surface area contributed by atoms with Crippen molar-refractivity contribution in [2.24, 2.45) is 17.8 Å². The van der Waals surface area contributed by atoms with Crippen LogP contribution in [0.1, 0.15) is 440 Å². The molecule has 0 saturated heterocycles. The molecule has 7 atom stereocenters. The third-order valence-electron chi connectivity index (χ3n) is 20.4. The minimum atomic E-state index is -4.96. The van der Waals surface area contributed by atoms with E-state index in [1.165, 1.54) is 250 Å². The zero-order valence-electron chi connectivity index (χ0n) is 67.8. The van der Waals surface area contributed by atoms with Crippen LogP contribution < -0.4 is 0 Å². The maximum Gasteiger partial charge on any atom is 0.472 e. The van der Waals surface area contributed by atoms with Gasteiger partial charge in [-0.25, -0.2) is 9.13 Å². The predicted octanol–water partition coefficient (Wildman–Crippen LogP) is 25.3. The maximum absolute atomic E-state index is 13.1. The molecule has 0 aromatic heterocycles. The topological polar surface area (TPSA) is 237 Å². The molecule has 0 aromatic rings. The van der Waals surface area contributed by atoms with E-state index in [9.17, 15) is 43.2 Å². The lowest BCUT2D eigenvalue weighted by Crippen LogP contribution is -2.30. The highest BCUT2D eigenvalue weighted by Gasteiger charge is 2.30. The summed E-state index contributed by atoms with van der Waals surface area (Å²) >= 11 is 0.